The van der Waals surface area contributed by atoms with E-state index in [1.54, 1.807) is 0 Å². The summed E-state index contributed by atoms with van der Waals surface area (Å²) in [6, 6.07) is 0. The Hall–Kier alpha value is 3.01. The summed E-state index contributed by atoms with van der Waals surface area (Å²) in [7, 11) is 0. The molecule has 4 heteroatoms. The molecule has 0 aliphatic rings. The first-order chi connectivity index (χ1) is 0. The smallest absolute Gasteiger partial charge is 1.00 e. The number of hydrogen-bond acceptors (Lipinski definition) is 0. The second kappa shape index (κ2) is 16.6. The minimum atomic E-state index is 0. The third-order valence-electron chi connectivity index (χ3n) is 0. The van der Waals surface area contributed by atoms with E-state index in [0.717, 1.165) is 0 Å². The van der Waals surface area contributed by atoms with Crippen molar-refractivity contribution in [2.75, 3.05) is 0 Å². The first-order valence-electron chi connectivity index (χ1n) is 0. The molecule has 21 valence electrons. The van der Waals surface area contributed by atoms with Gasteiger partial charge in [-0.2, -0.15) is 0 Å². The van der Waals surface area contributed by atoms with Crippen LogP contribution in [0.4, 0.5) is 0 Å². The molecule has 0 aromatic carbocycles. The quantitative estimate of drug-likeness (QED) is 0.380. The van der Waals surface area contributed by atoms with Gasteiger partial charge in [0.1, 0.15) is 0 Å². The zero-order chi connectivity index (χ0) is 0. The van der Waals surface area contributed by atoms with Crippen LogP contribution in [0.2, 0.25) is 0 Å². The molecule has 0 amide bonds. The van der Waals surface area contributed by atoms with E-state index < -0.39 is 0 Å². The first-order valence-corrected chi connectivity index (χ1v) is 0. The van der Waals surface area contributed by atoms with E-state index >= 15 is 0 Å². The normalized spacial score (nSPS) is 0. The average molecular weight is 372 g/mol. The predicted molar refractivity (Wildman–Crippen MR) is 11.1 cm³/mol. The third-order valence-corrected chi connectivity index (χ3v) is 0. The first kappa shape index (κ1) is 27.9. The summed E-state index contributed by atoms with van der Waals surface area (Å²) in [5.74, 6) is 0. The molecular formula is H4AlLaLiPt. The van der Waals surface area contributed by atoms with Gasteiger partial charge in [-0.15, -0.1) is 0 Å². The minimum Gasteiger partial charge on any atom is -1.00 e. The van der Waals surface area contributed by atoms with E-state index in [1.807, 2.05) is 0 Å². The van der Waals surface area contributed by atoms with Gasteiger partial charge in [0.05, 0.1) is 0 Å². The minimum absolute atomic E-state index is 0. The van der Waals surface area contributed by atoms with Gasteiger partial charge >= 0.3 is 18.9 Å². The van der Waals surface area contributed by atoms with Gasteiger partial charge in [-0.1, -0.05) is 0 Å². The Bertz CT molecular complexity index is 11.6. The molecule has 0 spiro atoms. The molecule has 0 rings (SSSR count). The van der Waals surface area contributed by atoms with E-state index in [9.17, 15) is 0 Å². The van der Waals surface area contributed by atoms with Crippen molar-refractivity contribution in [2.45, 2.75) is 0 Å². The standard InChI is InChI=1S/Al.La.Li.Pt.4H/q;;+1;;;;;-1. The number of hydrogen-bond donors (Lipinski definition) is 0. The summed E-state index contributed by atoms with van der Waals surface area (Å²) in [4.78, 5) is 0. The Morgan fingerprint density at radius 2 is 1.25 bits per heavy atom. The van der Waals surface area contributed by atoms with E-state index in [1.165, 1.54) is 0 Å². The maximum absolute atomic E-state index is 0. The van der Waals surface area contributed by atoms with Crippen molar-refractivity contribution < 1.29 is 77.0 Å². The van der Waals surface area contributed by atoms with Crippen LogP contribution in [0.25, 0.3) is 0 Å². The van der Waals surface area contributed by atoms with Gasteiger partial charge in [-0.25, -0.2) is 0 Å². The van der Waals surface area contributed by atoms with Crippen LogP contribution >= 0.6 is 0 Å². The van der Waals surface area contributed by atoms with Crippen LogP contribution in [0.3, 0.4) is 0 Å². The molecule has 0 saturated carbocycles. The molecule has 0 aromatic rings. The van der Waals surface area contributed by atoms with Gasteiger partial charge in [0.25, 0.3) is 0 Å². The predicted octanol–water partition coefficient (Wildman–Crippen LogP) is -4.07. The fourth-order valence-electron chi connectivity index (χ4n) is 0. The van der Waals surface area contributed by atoms with Crippen LogP contribution in [0.1, 0.15) is 1.43 Å². The monoisotopic (exact) mass is 372 g/mol. The molecule has 0 aliphatic heterocycles. The van der Waals surface area contributed by atoms with Crippen molar-refractivity contribution in [3.63, 3.8) is 0 Å². The molecule has 0 bridgehead atoms. The summed E-state index contributed by atoms with van der Waals surface area (Å²) in [5, 5.41) is 0. The van der Waals surface area contributed by atoms with Crippen molar-refractivity contribution in [3.05, 3.63) is 0 Å². The molecule has 0 unspecified atom stereocenters. The van der Waals surface area contributed by atoms with Crippen molar-refractivity contribution in [3.8, 4) is 0 Å². The molecular weight excluding hydrogens is 368 g/mol. The second-order valence-electron chi connectivity index (χ2n) is 0. The molecule has 0 fully saturated rings. The summed E-state index contributed by atoms with van der Waals surface area (Å²) in [6.07, 6.45) is 0. The van der Waals surface area contributed by atoms with E-state index in [0.29, 0.717) is 0 Å². The van der Waals surface area contributed by atoms with Gasteiger partial charge in [-0.05, 0) is 0 Å². The van der Waals surface area contributed by atoms with Gasteiger partial charge in [0.2, 0.25) is 0 Å². The number of rotatable bonds is 0. The van der Waals surface area contributed by atoms with Gasteiger partial charge < -0.3 is 1.43 Å². The Labute approximate surface area is 92.5 Å². The zero-order valence-corrected chi connectivity index (χ0v) is 7.79. The largest absolute Gasteiger partial charge is 1.00 e. The van der Waals surface area contributed by atoms with Gasteiger partial charge in [0.15, 0.2) is 17.4 Å². The van der Waals surface area contributed by atoms with Crippen LogP contribution in [0, 0.1) is 35.6 Å². The molecule has 4 heavy (non-hydrogen) atoms. The van der Waals surface area contributed by atoms with E-state index in [-0.39, 0.29) is 94.3 Å². The molecule has 0 aromatic heterocycles. The summed E-state index contributed by atoms with van der Waals surface area (Å²) < 4.78 is 0. The summed E-state index contributed by atoms with van der Waals surface area (Å²) in [6.45, 7) is 0. The van der Waals surface area contributed by atoms with E-state index in [2.05, 4.69) is 0 Å². The van der Waals surface area contributed by atoms with Crippen molar-refractivity contribution >= 4 is 17.4 Å². The fraction of sp³-hybridized carbons (Fsp3) is 0. The SMILES string of the molecule is [AlH3].[H-].[La].[Li+].[Pt]. The maximum atomic E-state index is 0. The molecule has 0 aliphatic carbocycles. The Kier molecular flexibility index (Phi) is 116. The molecule has 1 radical (unpaired) electrons. The topological polar surface area (TPSA) is 0 Å². The van der Waals surface area contributed by atoms with Crippen LogP contribution in [0.5, 0.6) is 0 Å². The van der Waals surface area contributed by atoms with Crippen molar-refractivity contribution in [1.82, 2.24) is 0 Å². The molecule has 0 nitrogen and oxygen atoms in total. The van der Waals surface area contributed by atoms with Crippen LogP contribution in [-0.2, 0) is 21.1 Å². The average Bonchev–Trinajstić information content (AvgIpc) is 0. The Morgan fingerprint density at radius 1 is 1.25 bits per heavy atom. The molecule has 0 atom stereocenters. The Balaban J connectivity index is 0. The zero-order valence-electron chi connectivity index (χ0n) is 2.89. The Morgan fingerprint density at radius 3 is 1.25 bits per heavy atom. The fourth-order valence-corrected chi connectivity index (χ4v) is 0. The van der Waals surface area contributed by atoms with Crippen molar-refractivity contribution in [1.29, 1.82) is 0 Å². The van der Waals surface area contributed by atoms with Crippen molar-refractivity contribution in [2.24, 2.45) is 0 Å². The maximum Gasteiger partial charge on any atom is 1.00 e. The summed E-state index contributed by atoms with van der Waals surface area (Å²) >= 11 is 0. The summed E-state index contributed by atoms with van der Waals surface area (Å²) in [5.41, 5.74) is 0. The van der Waals surface area contributed by atoms with Gasteiger partial charge in [0, 0.05) is 56.7 Å². The second-order valence-corrected chi connectivity index (χ2v) is 0. The van der Waals surface area contributed by atoms with Crippen LogP contribution in [0.15, 0.2) is 0 Å². The molecule has 0 saturated heterocycles. The molecule has 0 heterocycles. The third kappa shape index (κ3) is 8.89. The molecule has 0 N–H and O–H groups in total. The van der Waals surface area contributed by atoms with Gasteiger partial charge in [-0.3, -0.25) is 0 Å². The van der Waals surface area contributed by atoms with Crippen LogP contribution < -0.4 is 18.9 Å². The van der Waals surface area contributed by atoms with Crippen LogP contribution in [-0.4, -0.2) is 17.4 Å². The van der Waals surface area contributed by atoms with E-state index in [4.69, 9.17) is 0 Å².